The number of hydrogen-bond acceptors (Lipinski definition) is 2. The van der Waals surface area contributed by atoms with Gasteiger partial charge in [-0.15, -0.1) is 0 Å². The molecule has 1 aromatic carbocycles. The van der Waals surface area contributed by atoms with Crippen LogP contribution in [0.15, 0.2) is 24.3 Å². The van der Waals surface area contributed by atoms with Gasteiger partial charge in [0.05, 0.1) is 0 Å². The summed E-state index contributed by atoms with van der Waals surface area (Å²) in [5.74, 6) is 0.139. The Morgan fingerprint density at radius 1 is 1.41 bits per heavy atom. The molecule has 17 heavy (non-hydrogen) atoms. The fourth-order valence-electron chi connectivity index (χ4n) is 2.83. The van der Waals surface area contributed by atoms with Gasteiger partial charge in [0.25, 0.3) is 5.91 Å². The van der Waals surface area contributed by atoms with Crippen molar-refractivity contribution in [1.82, 2.24) is 0 Å². The van der Waals surface area contributed by atoms with Crippen molar-refractivity contribution in [2.75, 3.05) is 11.5 Å². The van der Waals surface area contributed by atoms with Crippen LogP contribution in [0.25, 0.3) is 0 Å². The predicted molar refractivity (Wildman–Crippen MR) is 66.1 cm³/mol. The van der Waals surface area contributed by atoms with Crippen molar-refractivity contribution in [2.45, 2.75) is 38.3 Å². The van der Waals surface area contributed by atoms with Crippen LogP contribution in [0.5, 0.6) is 0 Å². The van der Waals surface area contributed by atoms with Gasteiger partial charge in [0.1, 0.15) is 6.10 Å². The summed E-state index contributed by atoms with van der Waals surface area (Å²) in [5.41, 5.74) is 2.34. The minimum Gasteiger partial charge on any atom is -0.368 e. The zero-order chi connectivity index (χ0) is 11.8. The van der Waals surface area contributed by atoms with Gasteiger partial charge in [-0.05, 0) is 37.8 Å². The zero-order valence-electron chi connectivity index (χ0n) is 10.1. The number of carbonyl (C=O) groups is 1. The lowest BCUT2D eigenvalue weighted by atomic mass is 10.1. The molecule has 1 aromatic rings. The maximum absolute atomic E-state index is 12.4. The Morgan fingerprint density at radius 3 is 3.00 bits per heavy atom. The van der Waals surface area contributed by atoms with Gasteiger partial charge in [-0.2, -0.15) is 0 Å². The molecule has 1 saturated heterocycles. The molecule has 1 amide bonds. The molecule has 0 radical (unpaired) electrons. The van der Waals surface area contributed by atoms with Gasteiger partial charge < -0.3 is 9.64 Å². The van der Waals surface area contributed by atoms with Crippen LogP contribution in [0.1, 0.15) is 25.3 Å². The standard InChI is InChI=1S/C14H17NO2/c1-10-9-11-5-2-3-6-12(11)15(10)14(16)13-7-4-8-17-13/h2-3,5-6,10,13H,4,7-9H2,1H3/t10-,13+/m0/s1. The highest BCUT2D eigenvalue weighted by Crippen LogP contribution is 2.33. The summed E-state index contributed by atoms with van der Waals surface area (Å²) < 4.78 is 5.50. The lowest BCUT2D eigenvalue weighted by Crippen LogP contribution is -2.42. The van der Waals surface area contributed by atoms with Gasteiger partial charge in [-0.1, -0.05) is 18.2 Å². The number of amides is 1. The topological polar surface area (TPSA) is 29.5 Å². The number of para-hydroxylation sites is 1. The van der Waals surface area contributed by atoms with E-state index in [2.05, 4.69) is 13.0 Å². The van der Waals surface area contributed by atoms with Crippen LogP contribution in [-0.2, 0) is 16.0 Å². The predicted octanol–water partition coefficient (Wildman–Crippen LogP) is 2.14. The van der Waals surface area contributed by atoms with Crippen molar-refractivity contribution < 1.29 is 9.53 Å². The molecule has 0 aromatic heterocycles. The van der Waals surface area contributed by atoms with Crippen LogP contribution in [0.3, 0.4) is 0 Å². The number of benzene rings is 1. The zero-order valence-corrected chi connectivity index (χ0v) is 10.1. The summed E-state index contributed by atoms with van der Waals surface area (Å²) in [6.07, 6.45) is 2.60. The number of ether oxygens (including phenoxy) is 1. The van der Waals surface area contributed by atoms with Crippen LogP contribution >= 0.6 is 0 Å². The van der Waals surface area contributed by atoms with E-state index < -0.39 is 0 Å². The third kappa shape index (κ3) is 1.75. The Bertz CT molecular complexity index is 438. The van der Waals surface area contributed by atoms with Gasteiger partial charge in [0.15, 0.2) is 0 Å². The number of anilines is 1. The molecule has 1 fully saturated rings. The number of fused-ring (bicyclic) bond motifs is 1. The van der Waals surface area contributed by atoms with E-state index in [1.165, 1.54) is 5.56 Å². The number of nitrogens with zero attached hydrogens (tertiary/aromatic N) is 1. The third-order valence-corrected chi connectivity index (χ3v) is 3.65. The Morgan fingerprint density at radius 2 is 2.24 bits per heavy atom. The number of carbonyl (C=O) groups excluding carboxylic acids is 1. The van der Waals surface area contributed by atoms with E-state index in [-0.39, 0.29) is 18.1 Å². The molecular formula is C14H17NO2. The Labute approximate surface area is 101 Å². The molecule has 3 heteroatoms. The average Bonchev–Trinajstić information content (AvgIpc) is 2.94. The monoisotopic (exact) mass is 231 g/mol. The first-order chi connectivity index (χ1) is 8.27. The number of hydrogen-bond donors (Lipinski definition) is 0. The van der Waals surface area contributed by atoms with Crippen molar-refractivity contribution in [3.8, 4) is 0 Å². The van der Waals surface area contributed by atoms with Gasteiger partial charge in [0, 0.05) is 18.3 Å². The highest BCUT2D eigenvalue weighted by atomic mass is 16.5. The second-order valence-corrected chi connectivity index (χ2v) is 4.89. The van der Waals surface area contributed by atoms with Crippen LogP contribution in [0.2, 0.25) is 0 Å². The summed E-state index contributed by atoms with van der Waals surface area (Å²) in [4.78, 5) is 14.3. The van der Waals surface area contributed by atoms with E-state index in [0.717, 1.165) is 31.6 Å². The maximum Gasteiger partial charge on any atom is 0.256 e. The van der Waals surface area contributed by atoms with Crippen LogP contribution in [0, 0.1) is 0 Å². The first kappa shape index (κ1) is 10.8. The van der Waals surface area contributed by atoms with E-state index in [1.54, 1.807) is 0 Å². The average molecular weight is 231 g/mol. The van der Waals surface area contributed by atoms with Gasteiger partial charge >= 0.3 is 0 Å². The van der Waals surface area contributed by atoms with Crippen molar-refractivity contribution in [3.05, 3.63) is 29.8 Å². The first-order valence-electron chi connectivity index (χ1n) is 6.30. The Balaban J connectivity index is 1.89. The lowest BCUT2D eigenvalue weighted by Gasteiger charge is -2.25. The molecule has 90 valence electrons. The summed E-state index contributed by atoms with van der Waals surface area (Å²) in [6, 6.07) is 8.42. The molecule has 0 saturated carbocycles. The van der Waals surface area contributed by atoms with Crippen molar-refractivity contribution >= 4 is 11.6 Å². The largest absolute Gasteiger partial charge is 0.368 e. The van der Waals surface area contributed by atoms with E-state index in [4.69, 9.17) is 4.74 Å². The molecule has 2 aliphatic rings. The van der Waals surface area contributed by atoms with Crippen molar-refractivity contribution in [2.24, 2.45) is 0 Å². The summed E-state index contributed by atoms with van der Waals surface area (Å²) in [6.45, 7) is 2.83. The molecule has 0 spiro atoms. The second kappa shape index (κ2) is 4.15. The smallest absolute Gasteiger partial charge is 0.256 e. The maximum atomic E-state index is 12.4. The Kier molecular flexibility index (Phi) is 2.63. The quantitative estimate of drug-likeness (QED) is 0.741. The van der Waals surface area contributed by atoms with E-state index >= 15 is 0 Å². The first-order valence-corrected chi connectivity index (χ1v) is 6.30. The summed E-state index contributed by atoms with van der Waals surface area (Å²) in [5, 5.41) is 0. The normalized spacial score (nSPS) is 27.2. The van der Waals surface area contributed by atoms with Gasteiger partial charge in [-0.25, -0.2) is 0 Å². The van der Waals surface area contributed by atoms with E-state index in [9.17, 15) is 4.79 Å². The highest BCUT2D eigenvalue weighted by molar-refractivity contribution is 5.99. The minimum atomic E-state index is -0.219. The fraction of sp³-hybridized carbons (Fsp3) is 0.500. The van der Waals surface area contributed by atoms with Crippen LogP contribution in [0.4, 0.5) is 5.69 Å². The van der Waals surface area contributed by atoms with Crippen LogP contribution in [-0.4, -0.2) is 24.7 Å². The molecular weight excluding hydrogens is 214 g/mol. The van der Waals surface area contributed by atoms with Crippen molar-refractivity contribution in [3.63, 3.8) is 0 Å². The molecule has 2 atom stereocenters. The van der Waals surface area contributed by atoms with E-state index in [1.807, 2.05) is 23.1 Å². The molecule has 2 aliphatic heterocycles. The van der Waals surface area contributed by atoms with E-state index in [0.29, 0.717) is 0 Å². The molecule has 0 aliphatic carbocycles. The van der Waals surface area contributed by atoms with Gasteiger partial charge in [-0.3, -0.25) is 4.79 Å². The highest BCUT2D eigenvalue weighted by Gasteiger charge is 2.36. The molecule has 3 nitrogen and oxygen atoms in total. The molecule has 0 unspecified atom stereocenters. The molecule has 3 rings (SSSR count). The molecule has 2 heterocycles. The molecule has 0 bridgehead atoms. The van der Waals surface area contributed by atoms with Crippen molar-refractivity contribution in [1.29, 1.82) is 0 Å². The Hall–Kier alpha value is -1.35. The fourth-order valence-corrected chi connectivity index (χ4v) is 2.83. The van der Waals surface area contributed by atoms with Gasteiger partial charge in [0.2, 0.25) is 0 Å². The summed E-state index contributed by atoms with van der Waals surface area (Å²) >= 11 is 0. The third-order valence-electron chi connectivity index (χ3n) is 3.65. The second-order valence-electron chi connectivity index (χ2n) is 4.89. The SMILES string of the molecule is C[C@H]1Cc2ccccc2N1C(=O)[C@H]1CCCO1. The lowest BCUT2D eigenvalue weighted by molar-refractivity contribution is -0.127. The van der Waals surface area contributed by atoms with Crippen LogP contribution < -0.4 is 4.90 Å². The molecule has 0 N–H and O–H groups in total. The minimum absolute atomic E-state index is 0.139. The number of rotatable bonds is 1. The summed E-state index contributed by atoms with van der Waals surface area (Å²) in [7, 11) is 0.